The molecule has 1 aromatic carbocycles. The number of hydrogen-bond acceptors (Lipinski definition) is 7. The Morgan fingerprint density at radius 3 is 2.95 bits per heavy atom. The molecule has 1 aliphatic rings. The molecule has 0 saturated heterocycles. The third-order valence-corrected chi connectivity index (χ3v) is 2.93. The minimum absolute atomic E-state index is 0.118. The van der Waals surface area contributed by atoms with Gasteiger partial charge in [0.2, 0.25) is 0 Å². The van der Waals surface area contributed by atoms with Gasteiger partial charge in [0.1, 0.15) is 36.5 Å². The number of fused-ring (bicyclic) bond motifs is 1. The summed E-state index contributed by atoms with van der Waals surface area (Å²) in [5.41, 5.74) is 1.23. The predicted octanol–water partition coefficient (Wildman–Crippen LogP) is 0.660. The van der Waals surface area contributed by atoms with Gasteiger partial charge < -0.3 is 29.3 Å². The van der Waals surface area contributed by atoms with Gasteiger partial charge in [-0.3, -0.25) is 0 Å². The van der Waals surface area contributed by atoms with Crippen LogP contribution in [0.2, 0.25) is 0 Å². The van der Waals surface area contributed by atoms with Gasteiger partial charge in [0.25, 0.3) is 0 Å². The van der Waals surface area contributed by atoms with Gasteiger partial charge in [-0.05, 0) is 12.1 Å². The monoisotopic (exact) mass is 297 g/mol. The van der Waals surface area contributed by atoms with Crippen LogP contribution in [0.5, 0.6) is 11.5 Å². The normalized spacial score (nSPS) is 16.6. The lowest BCUT2D eigenvalue weighted by Gasteiger charge is -2.13. The number of aliphatic hydroxyl groups excluding tert-OH is 1. The lowest BCUT2D eigenvalue weighted by atomic mass is 10.1. The van der Waals surface area contributed by atoms with Crippen molar-refractivity contribution >= 4 is 5.71 Å². The van der Waals surface area contributed by atoms with Crippen LogP contribution in [0.4, 0.5) is 0 Å². The third kappa shape index (κ3) is 4.32. The van der Waals surface area contributed by atoms with Crippen molar-refractivity contribution in [3.8, 4) is 11.5 Å². The highest BCUT2D eigenvalue weighted by molar-refractivity contribution is 6.05. The van der Waals surface area contributed by atoms with Crippen molar-refractivity contribution in [3.63, 3.8) is 0 Å². The summed E-state index contributed by atoms with van der Waals surface area (Å²) in [4.78, 5) is 0. The Morgan fingerprint density at radius 1 is 1.33 bits per heavy atom. The van der Waals surface area contributed by atoms with Crippen molar-refractivity contribution in [3.05, 3.63) is 23.8 Å². The number of aliphatic hydroxyl groups is 1. The van der Waals surface area contributed by atoms with E-state index in [4.69, 9.17) is 24.2 Å². The summed E-state index contributed by atoms with van der Waals surface area (Å²) in [6, 6.07) is 5.19. The molecule has 0 bridgehead atoms. The van der Waals surface area contributed by atoms with Gasteiger partial charge >= 0.3 is 0 Å². The highest BCUT2D eigenvalue weighted by atomic mass is 16.5. The summed E-state index contributed by atoms with van der Waals surface area (Å²) in [6.07, 6.45) is -0.717. The van der Waals surface area contributed by atoms with Crippen molar-refractivity contribution in [2.75, 3.05) is 40.1 Å². The number of nitrogens with zero attached hydrogens (tertiary/aromatic N) is 1. The van der Waals surface area contributed by atoms with Crippen molar-refractivity contribution in [1.29, 1.82) is 0 Å². The van der Waals surface area contributed by atoms with Crippen LogP contribution in [0.1, 0.15) is 5.56 Å². The first-order valence-corrected chi connectivity index (χ1v) is 6.60. The molecule has 0 spiro atoms. The average molecular weight is 297 g/mol. The number of benzene rings is 1. The Kier molecular flexibility index (Phi) is 5.79. The van der Waals surface area contributed by atoms with Crippen molar-refractivity contribution < 1.29 is 29.3 Å². The molecular formula is C14H19NO6. The van der Waals surface area contributed by atoms with E-state index in [1.807, 2.05) is 0 Å². The van der Waals surface area contributed by atoms with E-state index in [9.17, 15) is 5.11 Å². The molecule has 0 radical (unpaired) electrons. The fourth-order valence-electron chi connectivity index (χ4n) is 1.86. The molecule has 1 unspecified atom stereocenters. The quantitative estimate of drug-likeness (QED) is 0.416. The molecule has 0 fully saturated rings. The van der Waals surface area contributed by atoms with E-state index in [0.717, 1.165) is 5.56 Å². The molecule has 1 aromatic rings. The zero-order valence-corrected chi connectivity index (χ0v) is 11.8. The van der Waals surface area contributed by atoms with Crippen LogP contribution in [0.25, 0.3) is 0 Å². The molecule has 0 aromatic heterocycles. The second kappa shape index (κ2) is 7.82. The topological polar surface area (TPSA) is 89.7 Å². The Bertz CT molecular complexity index is 490. The minimum Gasteiger partial charge on any atom is -0.491 e. The van der Waals surface area contributed by atoms with Crippen molar-refractivity contribution in [2.24, 2.45) is 5.16 Å². The summed E-state index contributed by atoms with van der Waals surface area (Å²) < 4.78 is 20.9. The number of ether oxygens (including phenoxy) is 4. The Balaban J connectivity index is 1.79. The van der Waals surface area contributed by atoms with E-state index in [0.29, 0.717) is 30.4 Å². The maximum Gasteiger partial charge on any atom is 0.134 e. The lowest BCUT2D eigenvalue weighted by molar-refractivity contribution is -0.00421. The number of methoxy groups -OCH3 is 1. The largest absolute Gasteiger partial charge is 0.491 e. The first-order chi connectivity index (χ1) is 10.2. The minimum atomic E-state index is -0.717. The van der Waals surface area contributed by atoms with Crippen molar-refractivity contribution in [1.82, 2.24) is 0 Å². The summed E-state index contributed by atoms with van der Waals surface area (Å²) in [5, 5.41) is 21.7. The maximum absolute atomic E-state index is 9.71. The van der Waals surface area contributed by atoms with Gasteiger partial charge in [-0.2, -0.15) is 0 Å². The van der Waals surface area contributed by atoms with E-state index in [1.165, 1.54) is 0 Å². The van der Waals surface area contributed by atoms with Crippen LogP contribution < -0.4 is 9.47 Å². The fraction of sp³-hybridized carbons (Fsp3) is 0.500. The summed E-state index contributed by atoms with van der Waals surface area (Å²) in [7, 11) is 1.59. The second-order valence-electron chi connectivity index (χ2n) is 4.53. The third-order valence-electron chi connectivity index (χ3n) is 2.93. The molecule has 1 heterocycles. The SMILES string of the molecule is COCCOCC(O)COc1ccc2c(c1)OC/C2=N\O. The second-order valence-corrected chi connectivity index (χ2v) is 4.53. The molecule has 116 valence electrons. The molecule has 0 amide bonds. The van der Waals surface area contributed by atoms with Gasteiger partial charge in [0.05, 0.1) is 19.8 Å². The highest BCUT2D eigenvalue weighted by Crippen LogP contribution is 2.29. The van der Waals surface area contributed by atoms with Gasteiger partial charge in [0, 0.05) is 18.7 Å². The number of hydrogen-bond donors (Lipinski definition) is 2. The van der Waals surface area contributed by atoms with Gasteiger partial charge in [-0.15, -0.1) is 0 Å². The predicted molar refractivity (Wildman–Crippen MR) is 74.5 cm³/mol. The van der Waals surface area contributed by atoms with E-state index >= 15 is 0 Å². The van der Waals surface area contributed by atoms with E-state index in [-0.39, 0.29) is 19.8 Å². The van der Waals surface area contributed by atoms with E-state index in [1.54, 1.807) is 25.3 Å². The van der Waals surface area contributed by atoms with Gasteiger partial charge in [0.15, 0.2) is 0 Å². The Hall–Kier alpha value is -1.83. The molecule has 0 saturated carbocycles. The lowest BCUT2D eigenvalue weighted by Crippen LogP contribution is -2.24. The van der Waals surface area contributed by atoms with Gasteiger partial charge in [-0.25, -0.2) is 0 Å². The van der Waals surface area contributed by atoms with Crippen LogP contribution in [0.15, 0.2) is 23.4 Å². The zero-order valence-electron chi connectivity index (χ0n) is 11.8. The fourth-order valence-corrected chi connectivity index (χ4v) is 1.86. The smallest absolute Gasteiger partial charge is 0.134 e. The first-order valence-electron chi connectivity index (χ1n) is 6.60. The molecule has 0 aliphatic carbocycles. The molecule has 21 heavy (non-hydrogen) atoms. The number of oxime groups is 1. The summed E-state index contributed by atoms with van der Waals surface area (Å²) in [5.74, 6) is 1.18. The molecular weight excluding hydrogens is 278 g/mol. The van der Waals surface area contributed by atoms with Crippen LogP contribution in [0.3, 0.4) is 0 Å². The zero-order chi connectivity index (χ0) is 15.1. The highest BCUT2D eigenvalue weighted by Gasteiger charge is 2.20. The molecule has 2 N–H and O–H groups in total. The van der Waals surface area contributed by atoms with Crippen LogP contribution >= 0.6 is 0 Å². The van der Waals surface area contributed by atoms with E-state index in [2.05, 4.69) is 5.16 Å². The summed E-state index contributed by atoms with van der Waals surface area (Å²) >= 11 is 0. The average Bonchev–Trinajstić information content (AvgIpc) is 2.91. The van der Waals surface area contributed by atoms with E-state index < -0.39 is 6.10 Å². The van der Waals surface area contributed by atoms with Crippen molar-refractivity contribution in [2.45, 2.75) is 6.10 Å². The number of rotatable bonds is 8. The van der Waals surface area contributed by atoms with Crippen LogP contribution in [-0.2, 0) is 9.47 Å². The van der Waals surface area contributed by atoms with Crippen LogP contribution in [-0.4, -0.2) is 62.3 Å². The standard InChI is InChI=1S/C14H19NO6/c1-18-4-5-19-7-10(16)8-20-11-2-3-12-13(15-17)9-21-14(12)6-11/h2-3,6,10,16-17H,4-5,7-9H2,1H3/b15-13+. The molecule has 7 heteroatoms. The first kappa shape index (κ1) is 15.6. The maximum atomic E-state index is 9.71. The molecule has 7 nitrogen and oxygen atoms in total. The molecule has 1 aliphatic heterocycles. The Morgan fingerprint density at radius 2 is 2.19 bits per heavy atom. The summed E-state index contributed by atoms with van der Waals surface area (Å²) in [6.45, 7) is 1.47. The molecule has 2 rings (SSSR count). The van der Waals surface area contributed by atoms with Gasteiger partial charge in [-0.1, -0.05) is 5.16 Å². The Labute approximate surface area is 122 Å². The van der Waals surface area contributed by atoms with Crippen LogP contribution in [0, 0.1) is 0 Å². The molecule has 1 atom stereocenters.